The summed E-state index contributed by atoms with van der Waals surface area (Å²) in [5.74, 6) is -2.44. The number of rotatable bonds is 7. The fraction of sp³-hybridized carbons (Fsp3) is 0.412. The summed E-state index contributed by atoms with van der Waals surface area (Å²) >= 11 is 2.61. The maximum Gasteiger partial charge on any atom is 0.352 e. The van der Waals surface area contributed by atoms with Crippen LogP contribution in [0.15, 0.2) is 34.3 Å². The van der Waals surface area contributed by atoms with Gasteiger partial charge in [-0.05, 0) is 17.9 Å². The summed E-state index contributed by atoms with van der Waals surface area (Å²) in [5, 5.41) is 12.4. The fourth-order valence-corrected chi connectivity index (χ4v) is 5.74. The summed E-state index contributed by atoms with van der Waals surface area (Å²) in [4.78, 5) is 49.2. The molecule has 28 heavy (non-hydrogen) atoms. The first-order chi connectivity index (χ1) is 13.3. The molecule has 1 fully saturated rings. The summed E-state index contributed by atoms with van der Waals surface area (Å²) < 4.78 is 8.89. The van der Waals surface area contributed by atoms with Crippen molar-refractivity contribution in [2.45, 2.75) is 23.6 Å². The smallest absolute Gasteiger partial charge is 0.352 e. The lowest BCUT2D eigenvalue weighted by molar-refractivity contribution is -0.152. The Hall–Kier alpha value is -2.40. The predicted octanol–water partition coefficient (Wildman–Crippen LogP) is 0.814. The molecule has 0 radical (unpaired) electrons. The van der Waals surface area contributed by atoms with Crippen LogP contribution in [-0.2, 0) is 30.3 Å². The van der Waals surface area contributed by atoms with E-state index in [0.717, 1.165) is 0 Å². The summed E-state index contributed by atoms with van der Waals surface area (Å²) in [6.07, 6.45) is 4.70. The van der Waals surface area contributed by atoms with E-state index in [1.165, 1.54) is 47.9 Å². The van der Waals surface area contributed by atoms with Crippen LogP contribution in [0.25, 0.3) is 0 Å². The Morgan fingerprint density at radius 2 is 2.25 bits per heavy atom. The molecule has 9 nitrogen and oxygen atoms in total. The molecule has 0 aromatic carbocycles. The molecule has 0 saturated carbocycles. The van der Waals surface area contributed by atoms with Crippen LogP contribution in [0, 0.1) is 0 Å². The van der Waals surface area contributed by atoms with Gasteiger partial charge in [0, 0.05) is 18.2 Å². The van der Waals surface area contributed by atoms with Crippen molar-refractivity contribution in [3.05, 3.63) is 35.4 Å². The number of carbonyl (C=O) groups excluding carboxylic acids is 3. The SMILES string of the molecule is CSC12SCC(COC(C)=O)=C(C(=O)O)N1C(=O)C2NC(=O)Cc1ccoc1. The number of β-lactam (4-membered cyclic amide) rings is 1. The van der Waals surface area contributed by atoms with Crippen molar-refractivity contribution in [1.82, 2.24) is 10.2 Å². The maximum absolute atomic E-state index is 12.8. The van der Waals surface area contributed by atoms with Gasteiger partial charge in [-0.2, -0.15) is 0 Å². The number of furan rings is 1. The number of carboxylic acids is 1. The largest absolute Gasteiger partial charge is 0.477 e. The van der Waals surface area contributed by atoms with Crippen molar-refractivity contribution >= 4 is 47.3 Å². The molecule has 2 aliphatic heterocycles. The van der Waals surface area contributed by atoms with E-state index in [1.807, 2.05) is 0 Å². The van der Waals surface area contributed by atoms with E-state index in [2.05, 4.69) is 5.32 Å². The van der Waals surface area contributed by atoms with Gasteiger partial charge in [-0.25, -0.2) is 4.79 Å². The molecule has 1 saturated heterocycles. The highest BCUT2D eigenvalue weighted by Crippen LogP contribution is 2.55. The lowest BCUT2D eigenvalue weighted by atomic mass is 10.0. The molecule has 0 aliphatic carbocycles. The van der Waals surface area contributed by atoms with E-state index in [4.69, 9.17) is 9.15 Å². The van der Waals surface area contributed by atoms with E-state index in [0.29, 0.717) is 11.1 Å². The standard InChI is InChI=1S/C17H18N2O7S2/c1-9(20)26-7-11-8-28-17(27-2)14(15(22)19(17)13(11)16(23)24)18-12(21)5-10-3-4-25-6-10/h3-4,6,14H,5,7-8H2,1-2H3,(H,18,21)(H,23,24). The predicted molar refractivity (Wildman–Crippen MR) is 101 cm³/mol. The van der Waals surface area contributed by atoms with Gasteiger partial charge in [-0.1, -0.05) is 0 Å². The number of fused-ring (bicyclic) bond motifs is 1. The number of carbonyl (C=O) groups is 4. The minimum atomic E-state index is -1.28. The van der Waals surface area contributed by atoms with Gasteiger partial charge in [-0.15, -0.1) is 23.5 Å². The van der Waals surface area contributed by atoms with Gasteiger partial charge in [0.05, 0.1) is 18.9 Å². The number of hydrogen-bond donors (Lipinski definition) is 2. The van der Waals surface area contributed by atoms with Crippen LogP contribution in [0.5, 0.6) is 0 Å². The average molecular weight is 426 g/mol. The zero-order valence-corrected chi connectivity index (χ0v) is 16.7. The number of nitrogens with zero attached hydrogens (tertiary/aromatic N) is 1. The highest BCUT2D eigenvalue weighted by Gasteiger charge is 2.65. The van der Waals surface area contributed by atoms with Crippen LogP contribution in [-0.4, -0.2) is 62.6 Å². The van der Waals surface area contributed by atoms with Crippen LogP contribution in [0.4, 0.5) is 0 Å². The quantitative estimate of drug-likeness (QED) is 0.481. The van der Waals surface area contributed by atoms with Crippen LogP contribution in [0.2, 0.25) is 0 Å². The van der Waals surface area contributed by atoms with Crippen molar-refractivity contribution in [3.63, 3.8) is 0 Å². The number of amides is 2. The van der Waals surface area contributed by atoms with Gasteiger partial charge in [0.25, 0.3) is 5.91 Å². The monoisotopic (exact) mass is 426 g/mol. The molecule has 150 valence electrons. The number of ether oxygens (including phenoxy) is 1. The van der Waals surface area contributed by atoms with E-state index >= 15 is 0 Å². The van der Waals surface area contributed by atoms with E-state index in [1.54, 1.807) is 12.3 Å². The van der Waals surface area contributed by atoms with Gasteiger partial charge in [0.2, 0.25) is 5.91 Å². The first-order valence-electron chi connectivity index (χ1n) is 8.22. The molecule has 11 heteroatoms. The number of thioether (sulfide) groups is 2. The highest BCUT2D eigenvalue weighted by molar-refractivity contribution is 8.18. The average Bonchev–Trinajstić information content (AvgIpc) is 3.15. The lowest BCUT2D eigenvalue weighted by Gasteiger charge is -2.57. The summed E-state index contributed by atoms with van der Waals surface area (Å²) in [5.41, 5.74) is 0.819. The molecule has 2 unspecified atom stereocenters. The summed E-state index contributed by atoms with van der Waals surface area (Å²) in [7, 11) is 0. The van der Waals surface area contributed by atoms with Crippen LogP contribution in [0.3, 0.4) is 0 Å². The zero-order valence-electron chi connectivity index (χ0n) is 15.1. The van der Waals surface area contributed by atoms with Gasteiger partial charge < -0.3 is 19.6 Å². The first kappa shape index (κ1) is 20.3. The number of nitrogens with one attached hydrogen (secondary N) is 1. The lowest BCUT2D eigenvalue weighted by Crippen LogP contribution is -2.77. The van der Waals surface area contributed by atoms with Gasteiger partial charge >= 0.3 is 11.9 Å². The third kappa shape index (κ3) is 3.51. The van der Waals surface area contributed by atoms with Crippen molar-refractivity contribution < 1.29 is 33.4 Å². The topological polar surface area (TPSA) is 126 Å². The summed E-state index contributed by atoms with van der Waals surface area (Å²) in [6.45, 7) is 1.03. The Morgan fingerprint density at radius 3 is 2.82 bits per heavy atom. The Bertz CT molecular complexity index is 852. The Kier molecular flexibility index (Phi) is 5.75. The van der Waals surface area contributed by atoms with Gasteiger partial charge in [0.15, 0.2) is 10.2 Å². The molecule has 2 atom stereocenters. The van der Waals surface area contributed by atoms with Crippen molar-refractivity contribution in [2.75, 3.05) is 18.6 Å². The van der Waals surface area contributed by atoms with E-state index in [9.17, 15) is 24.3 Å². The molecule has 2 aliphatic rings. The first-order valence-corrected chi connectivity index (χ1v) is 10.4. The van der Waals surface area contributed by atoms with Crippen LogP contribution < -0.4 is 5.32 Å². The normalized spacial score (nSPS) is 23.7. The maximum atomic E-state index is 12.8. The minimum absolute atomic E-state index is 0.0503. The molecule has 0 bridgehead atoms. The molecule has 3 rings (SSSR count). The molecule has 1 aromatic heterocycles. The Labute approximate surface area is 168 Å². The van der Waals surface area contributed by atoms with E-state index in [-0.39, 0.29) is 30.4 Å². The van der Waals surface area contributed by atoms with Gasteiger partial charge in [-0.3, -0.25) is 19.3 Å². The minimum Gasteiger partial charge on any atom is -0.477 e. The molecule has 3 heterocycles. The molecular weight excluding hydrogens is 408 g/mol. The van der Waals surface area contributed by atoms with E-state index < -0.39 is 28.1 Å². The number of aliphatic carboxylic acids is 1. The van der Waals surface area contributed by atoms with Crippen molar-refractivity contribution in [3.8, 4) is 0 Å². The molecule has 0 spiro atoms. The second kappa shape index (κ2) is 7.92. The van der Waals surface area contributed by atoms with Crippen LogP contribution >= 0.6 is 23.5 Å². The third-order valence-corrected chi connectivity index (χ3v) is 7.53. The number of carboxylic acid groups (broad SMARTS) is 1. The molecule has 2 amide bonds. The second-order valence-corrected chi connectivity index (χ2v) is 8.63. The van der Waals surface area contributed by atoms with Gasteiger partial charge in [0.1, 0.15) is 12.3 Å². The Balaban J connectivity index is 1.82. The van der Waals surface area contributed by atoms with Crippen molar-refractivity contribution in [1.29, 1.82) is 0 Å². The number of esters is 1. The molecule has 2 N–H and O–H groups in total. The zero-order chi connectivity index (χ0) is 20.5. The summed E-state index contributed by atoms with van der Waals surface area (Å²) in [6, 6.07) is 0.789. The second-order valence-electron chi connectivity index (χ2n) is 6.14. The highest BCUT2D eigenvalue weighted by atomic mass is 32.2. The molecule has 1 aromatic rings. The fourth-order valence-electron chi connectivity index (χ4n) is 3.09. The molecular formula is C17H18N2O7S2. The van der Waals surface area contributed by atoms with Crippen molar-refractivity contribution in [2.24, 2.45) is 0 Å². The number of hydrogen-bond acceptors (Lipinski definition) is 8. The third-order valence-electron chi connectivity index (χ3n) is 4.35. The Morgan fingerprint density at radius 1 is 1.50 bits per heavy atom. The van der Waals surface area contributed by atoms with Crippen LogP contribution in [0.1, 0.15) is 12.5 Å².